The molecule has 0 bridgehead atoms. The second kappa shape index (κ2) is 31.1. The standard InChI is InChI=1S/C62H63O11P3/c1-9-25-50(26-10-1)41-63-59-58(49-71-74(65-43-52-29-13-3-14-30-52)66-44-53-31-15-4-16-32-53)60(72-75(67-45-54-33-17-5-18-34-54)68-46-55-35-19-6-20-36-55)62(61(59)64-42-51-27-11-2-12-28-51)73-76(69-47-56-37-21-7-22-38-56)70-48-57-39-23-8-24-40-57/h1-40,58-62H,41-49H2/t58-,59+,60+,61-,62-/m0/s1. The summed E-state index contributed by atoms with van der Waals surface area (Å²) >= 11 is 0. The van der Waals surface area contributed by atoms with Crippen LogP contribution in [0.15, 0.2) is 243 Å². The van der Waals surface area contributed by atoms with Crippen LogP contribution in [0.3, 0.4) is 0 Å². The lowest BCUT2D eigenvalue weighted by Gasteiger charge is -2.31. The fourth-order valence-electron chi connectivity index (χ4n) is 8.30. The van der Waals surface area contributed by atoms with Gasteiger partial charge in [0, 0.05) is 5.92 Å². The van der Waals surface area contributed by atoms with Crippen molar-refractivity contribution in [3.63, 3.8) is 0 Å². The number of hydrogen-bond acceptors (Lipinski definition) is 11. The molecule has 0 N–H and O–H groups in total. The molecule has 76 heavy (non-hydrogen) atoms. The van der Waals surface area contributed by atoms with Gasteiger partial charge in [0.25, 0.3) is 0 Å². The van der Waals surface area contributed by atoms with E-state index in [-0.39, 0.29) is 59.5 Å². The molecule has 8 aromatic rings. The number of ether oxygens (including phenoxy) is 2. The molecule has 11 nitrogen and oxygen atoms in total. The average Bonchev–Trinajstić information content (AvgIpc) is 3.81. The lowest BCUT2D eigenvalue weighted by molar-refractivity contribution is -0.112. The van der Waals surface area contributed by atoms with Crippen LogP contribution in [0.5, 0.6) is 0 Å². The third-order valence-corrected chi connectivity index (χ3v) is 15.5. The highest BCUT2D eigenvalue weighted by molar-refractivity contribution is 7.42. The zero-order valence-electron chi connectivity index (χ0n) is 42.2. The summed E-state index contributed by atoms with van der Waals surface area (Å²) in [6.07, 6.45) is -3.26. The minimum atomic E-state index is -2.11. The molecule has 0 unspecified atom stereocenters. The molecule has 0 heterocycles. The minimum Gasteiger partial charge on any atom is -0.370 e. The van der Waals surface area contributed by atoms with Crippen LogP contribution in [0.4, 0.5) is 0 Å². The Balaban J connectivity index is 1.11. The maximum Gasteiger partial charge on any atom is 0.333 e. The van der Waals surface area contributed by atoms with Gasteiger partial charge in [0.1, 0.15) is 18.3 Å². The Labute approximate surface area is 450 Å². The van der Waals surface area contributed by atoms with Crippen molar-refractivity contribution in [1.29, 1.82) is 0 Å². The molecular weight excluding hydrogens is 1010 g/mol. The predicted octanol–water partition coefficient (Wildman–Crippen LogP) is 15.6. The molecule has 0 saturated heterocycles. The van der Waals surface area contributed by atoms with Crippen LogP contribution < -0.4 is 0 Å². The third kappa shape index (κ3) is 18.1. The van der Waals surface area contributed by atoms with Gasteiger partial charge in [-0.1, -0.05) is 243 Å². The fraction of sp³-hybridized carbons (Fsp3) is 0.226. The highest BCUT2D eigenvalue weighted by Crippen LogP contribution is 2.54. The molecule has 1 fully saturated rings. The summed E-state index contributed by atoms with van der Waals surface area (Å²) in [7, 11) is -6.17. The van der Waals surface area contributed by atoms with Crippen LogP contribution in [-0.4, -0.2) is 31.0 Å². The predicted molar refractivity (Wildman–Crippen MR) is 297 cm³/mol. The van der Waals surface area contributed by atoms with Crippen molar-refractivity contribution >= 4 is 25.8 Å². The Bertz CT molecular complexity index is 2650. The first-order chi connectivity index (χ1) is 37.7. The Kier molecular flexibility index (Phi) is 22.7. The van der Waals surface area contributed by atoms with E-state index < -0.39 is 56.1 Å². The van der Waals surface area contributed by atoms with Gasteiger partial charge in [0.05, 0.1) is 65.6 Å². The van der Waals surface area contributed by atoms with Gasteiger partial charge in [0.15, 0.2) is 0 Å². The van der Waals surface area contributed by atoms with Crippen LogP contribution in [0.2, 0.25) is 0 Å². The van der Waals surface area contributed by atoms with E-state index in [0.717, 1.165) is 44.5 Å². The maximum absolute atomic E-state index is 7.34. The molecule has 14 heteroatoms. The van der Waals surface area contributed by atoms with Gasteiger partial charge in [0.2, 0.25) is 0 Å². The topological polar surface area (TPSA) is 102 Å². The normalized spacial score (nSPS) is 17.4. The second-order valence-corrected chi connectivity index (χ2v) is 21.4. The molecule has 392 valence electrons. The lowest BCUT2D eigenvalue weighted by atomic mass is 10.0. The Hall–Kier alpha value is -5.39. The van der Waals surface area contributed by atoms with Crippen molar-refractivity contribution in [2.75, 3.05) is 6.61 Å². The SMILES string of the molecule is c1ccc(CO[C@@H]2[C@@H](OP(OCc3ccccc3)OCc3ccccc3)[C@H](OP(OCc3ccccc3)OCc3ccccc3)[C@@H](COP(OCc3ccccc3)OCc3ccccc3)[C@H]2OCc2ccccc2)cc1. The van der Waals surface area contributed by atoms with Gasteiger partial charge in [-0.2, -0.15) is 0 Å². The summed E-state index contributed by atoms with van der Waals surface area (Å²) in [4.78, 5) is 0. The largest absolute Gasteiger partial charge is 0.370 e. The molecule has 0 aromatic heterocycles. The van der Waals surface area contributed by atoms with Gasteiger partial charge in [-0.3, -0.25) is 0 Å². The molecule has 0 radical (unpaired) electrons. The highest BCUT2D eigenvalue weighted by Gasteiger charge is 2.56. The van der Waals surface area contributed by atoms with Gasteiger partial charge < -0.3 is 50.2 Å². The zero-order valence-corrected chi connectivity index (χ0v) is 44.9. The minimum absolute atomic E-state index is 0.0404. The molecule has 1 saturated carbocycles. The Morgan fingerprint density at radius 1 is 0.224 bits per heavy atom. The number of rotatable bonds is 31. The van der Waals surface area contributed by atoms with E-state index in [4.69, 9.17) is 50.2 Å². The number of benzene rings is 8. The van der Waals surface area contributed by atoms with Crippen molar-refractivity contribution in [2.24, 2.45) is 5.92 Å². The lowest BCUT2D eigenvalue weighted by Crippen LogP contribution is -2.38. The first kappa shape index (κ1) is 55.4. The second-order valence-electron chi connectivity index (χ2n) is 17.8. The highest BCUT2D eigenvalue weighted by atomic mass is 31.2. The smallest absolute Gasteiger partial charge is 0.333 e. The van der Waals surface area contributed by atoms with E-state index in [9.17, 15) is 0 Å². The molecule has 8 aromatic carbocycles. The summed E-state index contributed by atoms with van der Waals surface area (Å²) in [6.45, 7) is 1.96. The van der Waals surface area contributed by atoms with Crippen molar-refractivity contribution < 1.29 is 50.2 Å². The van der Waals surface area contributed by atoms with Crippen molar-refractivity contribution in [3.05, 3.63) is 287 Å². The first-order valence-electron chi connectivity index (χ1n) is 25.4. The van der Waals surface area contributed by atoms with E-state index in [0.29, 0.717) is 0 Å². The summed E-state index contributed by atoms with van der Waals surface area (Å²) in [5.74, 6) is -0.606. The Morgan fingerprint density at radius 3 is 0.750 bits per heavy atom. The molecule has 5 atom stereocenters. The zero-order chi connectivity index (χ0) is 51.7. The quantitative estimate of drug-likeness (QED) is 0.0388. The van der Waals surface area contributed by atoms with Crippen LogP contribution in [0.25, 0.3) is 0 Å². The van der Waals surface area contributed by atoms with Crippen LogP contribution >= 0.6 is 25.8 Å². The summed E-state index contributed by atoms with van der Waals surface area (Å²) in [5, 5.41) is 0. The van der Waals surface area contributed by atoms with Gasteiger partial charge in [-0.05, 0) is 44.5 Å². The molecular formula is C62H63O11P3. The average molecular weight is 1080 g/mol. The van der Waals surface area contributed by atoms with Crippen LogP contribution in [0, 0.1) is 5.92 Å². The molecule has 0 aliphatic heterocycles. The van der Waals surface area contributed by atoms with Crippen LogP contribution in [0.1, 0.15) is 44.5 Å². The van der Waals surface area contributed by atoms with Gasteiger partial charge in [-0.15, -0.1) is 0 Å². The molecule has 9 rings (SSSR count). The summed E-state index contributed by atoms with van der Waals surface area (Å²) < 4.78 is 75.6. The van der Waals surface area contributed by atoms with Crippen LogP contribution in [-0.2, 0) is 103 Å². The van der Waals surface area contributed by atoms with Crippen molar-refractivity contribution in [3.8, 4) is 0 Å². The third-order valence-electron chi connectivity index (χ3n) is 12.3. The fourth-order valence-corrected chi connectivity index (χ4v) is 11.7. The van der Waals surface area contributed by atoms with E-state index in [1.165, 1.54) is 0 Å². The van der Waals surface area contributed by atoms with E-state index in [2.05, 4.69) is 0 Å². The summed E-state index contributed by atoms with van der Waals surface area (Å²) in [6, 6.07) is 79.9. The van der Waals surface area contributed by atoms with E-state index in [1.54, 1.807) is 0 Å². The molecule has 1 aliphatic rings. The summed E-state index contributed by atoms with van der Waals surface area (Å²) in [5.41, 5.74) is 7.73. The van der Waals surface area contributed by atoms with Gasteiger partial charge >= 0.3 is 25.8 Å². The van der Waals surface area contributed by atoms with Gasteiger partial charge in [-0.25, -0.2) is 0 Å². The molecule has 0 amide bonds. The van der Waals surface area contributed by atoms with E-state index in [1.807, 2.05) is 243 Å². The first-order valence-corrected chi connectivity index (χ1v) is 28.7. The monoisotopic (exact) mass is 1080 g/mol. The van der Waals surface area contributed by atoms with Crippen molar-refractivity contribution in [2.45, 2.75) is 77.3 Å². The Morgan fingerprint density at radius 2 is 0.461 bits per heavy atom. The molecule has 0 spiro atoms. The maximum atomic E-state index is 7.34. The molecule has 1 aliphatic carbocycles. The van der Waals surface area contributed by atoms with E-state index >= 15 is 0 Å². The number of hydrogen-bond donors (Lipinski definition) is 0. The van der Waals surface area contributed by atoms with Crippen molar-refractivity contribution in [1.82, 2.24) is 0 Å².